The highest BCUT2D eigenvalue weighted by molar-refractivity contribution is 5.26. The van der Waals surface area contributed by atoms with E-state index in [1.54, 1.807) is 7.11 Å². The van der Waals surface area contributed by atoms with Crippen LogP contribution in [0.25, 0.3) is 0 Å². The second-order valence-corrected chi connectivity index (χ2v) is 26.8. The van der Waals surface area contributed by atoms with E-state index >= 15 is 0 Å². The van der Waals surface area contributed by atoms with Crippen molar-refractivity contribution < 1.29 is 128 Å². The van der Waals surface area contributed by atoms with Gasteiger partial charge in [-0.3, -0.25) is 0 Å². The summed E-state index contributed by atoms with van der Waals surface area (Å²) in [6.07, 6.45) is -28.2. The van der Waals surface area contributed by atoms with Gasteiger partial charge in [0, 0.05) is 19.4 Å². The van der Waals surface area contributed by atoms with Gasteiger partial charge < -0.3 is 128 Å². The Labute approximate surface area is 489 Å². The van der Waals surface area contributed by atoms with Crippen molar-refractivity contribution in [3.05, 3.63) is 11.6 Å². The molecule has 484 valence electrons. The molecular formula is C58H96O26. The first-order chi connectivity index (χ1) is 39.7. The van der Waals surface area contributed by atoms with Crippen LogP contribution in [0, 0.1) is 46.3 Å². The van der Waals surface area contributed by atoms with Gasteiger partial charge in [-0.1, -0.05) is 39.3 Å². The van der Waals surface area contributed by atoms with E-state index in [-0.39, 0.29) is 41.3 Å². The smallest absolute Gasteiger partial charge is 0.187 e. The van der Waals surface area contributed by atoms with Gasteiger partial charge in [-0.15, -0.1) is 0 Å². The zero-order chi connectivity index (χ0) is 60.8. The summed E-state index contributed by atoms with van der Waals surface area (Å²) in [6.45, 7) is 12.4. The summed E-state index contributed by atoms with van der Waals surface area (Å²) in [7, 11) is 1.71. The Morgan fingerprint density at radius 3 is 1.75 bits per heavy atom. The largest absolute Gasteiger partial charge is 0.394 e. The van der Waals surface area contributed by atoms with Gasteiger partial charge in [0.25, 0.3) is 0 Å². The van der Waals surface area contributed by atoms with E-state index in [0.717, 1.165) is 32.1 Å². The molecule has 0 aromatic heterocycles. The van der Waals surface area contributed by atoms with Crippen LogP contribution in [-0.4, -0.2) is 270 Å². The van der Waals surface area contributed by atoms with Gasteiger partial charge in [0.1, 0.15) is 104 Å². The summed E-state index contributed by atoms with van der Waals surface area (Å²) in [5, 5.41) is 150. The van der Waals surface area contributed by atoms with E-state index in [2.05, 4.69) is 26.8 Å². The van der Waals surface area contributed by atoms with Crippen LogP contribution in [0.2, 0.25) is 0 Å². The average Bonchev–Trinajstić information content (AvgIpc) is 1.99. The SMILES string of the molecule is CO[C@]1(CC[C@H](C)CO[C@H]2O[C@@H](CO)[C@H](O)[C@@H](O)[C@@H]2O)O[C@H]2C[C@H]3[C@@H]4CC=C5C[C@H](O[C@H]6O[C@@H](CO)[C@H](O[C@H]7O[C@@H](C)[C@H](O[C@H]8O[C@@H](C)[C@H](O)[C@@H](O)[C@@H]8O)[C@@H](O)[C@@H]7O)[C@@H](O)[C@@H]6O[C@H]6O[C@@H](C)[C@H](O)[C@@H](O)[C@@H]6O)CC[C@@]5(C)[C@H]4CC[C@@]3(C)[C@H]2[C@@H]1C. The monoisotopic (exact) mass is 1210 g/mol. The third-order valence-electron chi connectivity index (χ3n) is 21.8. The third-order valence-corrected chi connectivity index (χ3v) is 21.8. The molecule has 10 aliphatic rings. The molecule has 0 aromatic rings. The Hall–Kier alpha value is -1.30. The lowest BCUT2D eigenvalue weighted by Gasteiger charge is -2.58. The van der Waals surface area contributed by atoms with Crippen molar-refractivity contribution in [3.8, 4) is 0 Å². The highest BCUT2D eigenvalue weighted by atomic mass is 16.8. The quantitative estimate of drug-likeness (QED) is 0.0671. The predicted molar refractivity (Wildman–Crippen MR) is 285 cm³/mol. The Balaban J connectivity index is 0.792. The molecule has 0 amide bonds. The molecule has 84 heavy (non-hydrogen) atoms. The molecule has 9 fully saturated rings. The molecule has 14 N–H and O–H groups in total. The molecule has 6 aliphatic heterocycles. The number of hydrogen-bond acceptors (Lipinski definition) is 26. The first-order valence-electron chi connectivity index (χ1n) is 30.5. The molecule has 6 saturated heterocycles. The lowest BCUT2D eigenvalue weighted by Crippen LogP contribution is -2.67. The zero-order valence-electron chi connectivity index (χ0n) is 49.3. The van der Waals surface area contributed by atoms with Crippen molar-refractivity contribution in [3.63, 3.8) is 0 Å². The molecule has 0 radical (unpaired) electrons. The van der Waals surface area contributed by atoms with Crippen LogP contribution in [0.1, 0.15) is 106 Å². The van der Waals surface area contributed by atoms with Gasteiger partial charge in [-0.2, -0.15) is 0 Å². The van der Waals surface area contributed by atoms with E-state index in [0.29, 0.717) is 43.4 Å². The summed E-state index contributed by atoms with van der Waals surface area (Å²) in [6, 6.07) is 0. The zero-order valence-corrected chi connectivity index (χ0v) is 49.3. The number of allylic oxidation sites excluding steroid dienone is 1. The molecule has 0 spiro atoms. The van der Waals surface area contributed by atoms with Crippen LogP contribution in [-0.2, 0) is 56.8 Å². The number of ether oxygens (including phenoxy) is 12. The number of methoxy groups -OCH3 is 1. The van der Waals surface area contributed by atoms with Crippen LogP contribution in [0.3, 0.4) is 0 Å². The lowest BCUT2D eigenvalue weighted by atomic mass is 9.47. The van der Waals surface area contributed by atoms with Gasteiger partial charge in [0.15, 0.2) is 37.2 Å². The van der Waals surface area contributed by atoms with Crippen LogP contribution < -0.4 is 0 Å². The molecule has 26 heteroatoms. The Kier molecular flexibility index (Phi) is 20.1. The maximum Gasteiger partial charge on any atom is 0.187 e. The van der Waals surface area contributed by atoms with E-state index in [1.165, 1.54) is 26.3 Å². The van der Waals surface area contributed by atoms with Crippen LogP contribution in [0.4, 0.5) is 0 Å². The standard InChI is InChI=1S/C58H96O26/c1-22(21-74-51-43(68)41(66)38(63)33(19-59)79-51)11-16-58(73-8)23(2)35-32(84-58)18-31-29-10-9-27-17-28(12-14-56(27,6)30(29)13-15-57(31,35)7)78-55-50(83-53-45(70)40(65)37(62)25(4)76-53)47(72)49(34(20-60)80-55)82-54-46(71)42(67)48(26(5)77-54)81-52-44(69)39(64)36(61)24(3)75-52/h9,22-26,28-55,59-72H,10-21H2,1-8H3/t22-,23-,24-,25-,26-,28+,29+,30-,31-,32-,33-,34-,35-,36-,37-,38-,39+,40+,41+,42-,43-,44-,45-,46-,47+,48-,49-,50-,51-,52+,53+,54+,55-,56+,57+,58+/m0/s1. The van der Waals surface area contributed by atoms with Crippen LogP contribution in [0.15, 0.2) is 11.6 Å². The van der Waals surface area contributed by atoms with Gasteiger partial charge >= 0.3 is 0 Å². The number of hydrogen-bond donors (Lipinski definition) is 14. The van der Waals surface area contributed by atoms with E-state index in [9.17, 15) is 71.5 Å². The highest BCUT2D eigenvalue weighted by Crippen LogP contribution is 2.70. The minimum atomic E-state index is -1.88. The minimum Gasteiger partial charge on any atom is -0.394 e. The van der Waals surface area contributed by atoms with Crippen molar-refractivity contribution in [2.75, 3.05) is 26.9 Å². The summed E-state index contributed by atoms with van der Waals surface area (Å²) < 4.78 is 73.6. The summed E-state index contributed by atoms with van der Waals surface area (Å²) in [4.78, 5) is 0. The molecule has 26 nitrogen and oxygen atoms in total. The number of rotatable bonds is 17. The minimum absolute atomic E-state index is 0.000235. The number of fused-ring (bicyclic) bond motifs is 7. The molecule has 4 aliphatic carbocycles. The topological polar surface area (TPSA) is 394 Å². The van der Waals surface area contributed by atoms with E-state index < -0.39 is 179 Å². The van der Waals surface area contributed by atoms with Gasteiger partial charge in [0.2, 0.25) is 0 Å². The van der Waals surface area contributed by atoms with Crippen molar-refractivity contribution in [1.29, 1.82) is 0 Å². The van der Waals surface area contributed by atoms with E-state index in [4.69, 9.17) is 56.8 Å². The average molecular weight is 1210 g/mol. The van der Waals surface area contributed by atoms with Crippen molar-refractivity contribution in [1.82, 2.24) is 0 Å². The first kappa shape index (κ1) is 65.6. The Morgan fingerprint density at radius 2 is 1.13 bits per heavy atom. The molecule has 36 atom stereocenters. The highest BCUT2D eigenvalue weighted by Gasteiger charge is 2.69. The molecule has 0 aromatic carbocycles. The summed E-state index contributed by atoms with van der Waals surface area (Å²) in [5.41, 5.74) is 1.09. The lowest BCUT2D eigenvalue weighted by molar-refractivity contribution is -0.394. The molecule has 0 unspecified atom stereocenters. The maximum absolute atomic E-state index is 12.3. The van der Waals surface area contributed by atoms with Gasteiger partial charge in [-0.25, -0.2) is 0 Å². The molecule has 6 heterocycles. The number of aliphatic hydroxyl groups is 14. The van der Waals surface area contributed by atoms with Crippen molar-refractivity contribution in [2.24, 2.45) is 46.3 Å². The third kappa shape index (κ3) is 11.8. The molecular weight excluding hydrogens is 1110 g/mol. The fourth-order valence-corrected chi connectivity index (χ4v) is 16.7. The summed E-state index contributed by atoms with van der Waals surface area (Å²) >= 11 is 0. The molecule has 3 saturated carbocycles. The van der Waals surface area contributed by atoms with Crippen molar-refractivity contribution >= 4 is 0 Å². The second kappa shape index (κ2) is 25.8. The Bertz CT molecular complexity index is 2220. The molecule has 0 bridgehead atoms. The number of aliphatic hydroxyl groups excluding tert-OH is 14. The second-order valence-electron chi connectivity index (χ2n) is 26.8. The van der Waals surface area contributed by atoms with Gasteiger partial charge in [-0.05, 0) is 113 Å². The predicted octanol–water partition coefficient (Wildman–Crippen LogP) is -2.47. The normalized spacial score (nSPS) is 55.3. The molecule has 10 rings (SSSR count). The first-order valence-corrected chi connectivity index (χ1v) is 30.5. The maximum atomic E-state index is 12.3. The Morgan fingerprint density at radius 1 is 0.571 bits per heavy atom. The van der Waals surface area contributed by atoms with Gasteiger partial charge in [0.05, 0.1) is 50.3 Å². The summed E-state index contributed by atoms with van der Waals surface area (Å²) in [5.74, 6) is 0.707. The van der Waals surface area contributed by atoms with E-state index in [1.807, 2.05) is 6.92 Å². The van der Waals surface area contributed by atoms with Crippen LogP contribution >= 0.6 is 0 Å². The fraction of sp³-hybridized carbons (Fsp3) is 0.966. The van der Waals surface area contributed by atoms with Crippen molar-refractivity contribution in [2.45, 2.75) is 278 Å². The fourth-order valence-electron chi connectivity index (χ4n) is 16.7. The van der Waals surface area contributed by atoms with Crippen LogP contribution in [0.5, 0.6) is 0 Å².